The molecule has 194 valence electrons. The first-order chi connectivity index (χ1) is 18.5. The number of carbonyl (C=O) groups is 2. The third-order valence-electron chi connectivity index (χ3n) is 6.32. The van der Waals surface area contributed by atoms with Crippen molar-refractivity contribution in [1.29, 1.82) is 0 Å². The lowest BCUT2D eigenvalue weighted by Gasteiger charge is -2.23. The number of amides is 1. The van der Waals surface area contributed by atoms with Crippen LogP contribution in [0.25, 0.3) is 16.0 Å². The summed E-state index contributed by atoms with van der Waals surface area (Å²) < 4.78 is 12.2. The smallest absolute Gasteiger partial charge is 0.301 e. The van der Waals surface area contributed by atoms with E-state index in [1.54, 1.807) is 24.3 Å². The first-order valence-electron chi connectivity index (χ1n) is 12.6. The summed E-state index contributed by atoms with van der Waals surface area (Å²) in [6.07, 6.45) is 1.97. The lowest BCUT2D eigenvalue weighted by molar-refractivity contribution is -0.132. The number of benzene rings is 3. The van der Waals surface area contributed by atoms with Gasteiger partial charge in [-0.3, -0.25) is 14.5 Å². The zero-order chi connectivity index (χ0) is 26.6. The van der Waals surface area contributed by atoms with E-state index in [0.29, 0.717) is 46.5 Å². The van der Waals surface area contributed by atoms with Gasteiger partial charge in [0.05, 0.1) is 35.0 Å². The van der Waals surface area contributed by atoms with Crippen molar-refractivity contribution in [3.63, 3.8) is 0 Å². The Morgan fingerprint density at radius 1 is 0.974 bits per heavy atom. The average Bonchev–Trinajstić information content (AvgIpc) is 3.47. The van der Waals surface area contributed by atoms with Gasteiger partial charge in [-0.05, 0) is 49.2 Å². The SMILES string of the molecule is CCCCOc1ccc(C2C(=C(O)c3ccccc3)C(=O)C(=O)N2c2nc3ccc(OCC)cc3s2)cc1. The number of ether oxygens (including phenoxy) is 2. The number of aliphatic hydroxyl groups excluding tert-OH is 1. The molecule has 0 radical (unpaired) electrons. The van der Waals surface area contributed by atoms with E-state index in [1.807, 2.05) is 55.5 Å². The zero-order valence-corrected chi connectivity index (χ0v) is 22.0. The molecule has 0 saturated carbocycles. The average molecular weight is 529 g/mol. The molecule has 5 rings (SSSR count). The molecule has 1 aliphatic rings. The van der Waals surface area contributed by atoms with Gasteiger partial charge in [0.2, 0.25) is 0 Å². The molecule has 0 bridgehead atoms. The molecule has 8 heteroatoms. The molecule has 1 saturated heterocycles. The molecule has 3 aromatic carbocycles. The summed E-state index contributed by atoms with van der Waals surface area (Å²) in [6.45, 7) is 5.15. The van der Waals surface area contributed by atoms with Crippen molar-refractivity contribution >= 4 is 44.1 Å². The van der Waals surface area contributed by atoms with Gasteiger partial charge in [0, 0.05) is 5.56 Å². The minimum absolute atomic E-state index is 0.0233. The number of unbranched alkanes of at least 4 members (excludes halogenated alkanes) is 1. The van der Waals surface area contributed by atoms with E-state index in [4.69, 9.17) is 9.47 Å². The Morgan fingerprint density at radius 2 is 1.71 bits per heavy atom. The van der Waals surface area contributed by atoms with E-state index >= 15 is 0 Å². The zero-order valence-electron chi connectivity index (χ0n) is 21.2. The maximum absolute atomic E-state index is 13.5. The number of fused-ring (bicyclic) bond motifs is 1. The third-order valence-corrected chi connectivity index (χ3v) is 7.34. The van der Waals surface area contributed by atoms with Crippen LogP contribution in [0.5, 0.6) is 11.5 Å². The molecule has 1 unspecified atom stereocenters. The van der Waals surface area contributed by atoms with Crippen LogP contribution in [0.3, 0.4) is 0 Å². The Hall–Kier alpha value is -4.17. The minimum atomic E-state index is -0.855. The highest BCUT2D eigenvalue weighted by atomic mass is 32.1. The summed E-state index contributed by atoms with van der Waals surface area (Å²) in [6, 6.07) is 20.7. The van der Waals surface area contributed by atoms with Gasteiger partial charge in [-0.15, -0.1) is 0 Å². The number of Topliss-reactive ketones (excluding diaryl/α,β-unsaturated/α-hetero) is 1. The second-order valence-electron chi connectivity index (χ2n) is 8.87. The number of carbonyl (C=O) groups excluding carboxylic acids is 2. The van der Waals surface area contributed by atoms with Gasteiger partial charge in [0.1, 0.15) is 17.3 Å². The molecule has 1 fully saturated rings. The Morgan fingerprint density at radius 3 is 2.42 bits per heavy atom. The van der Waals surface area contributed by atoms with Gasteiger partial charge in [-0.1, -0.05) is 67.1 Å². The lowest BCUT2D eigenvalue weighted by Crippen LogP contribution is -2.29. The van der Waals surface area contributed by atoms with Crippen LogP contribution in [-0.4, -0.2) is 35.0 Å². The largest absolute Gasteiger partial charge is 0.507 e. The first kappa shape index (κ1) is 25.5. The molecule has 1 N–H and O–H groups in total. The van der Waals surface area contributed by atoms with E-state index in [-0.39, 0.29) is 11.3 Å². The van der Waals surface area contributed by atoms with E-state index in [0.717, 1.165) is 17.5 Å². The van der Waals surface area contributed by atoms with E-state index in [9.17, 15) is 14.7 Å². The molecule has 1 aliphatic heterocycles. The topological polar surface area (TPSA) is 89.0 Å². The molecule has 1 atom stereocenters. The molecular formula is C30H28N2O5S. The normalized spacial score (nSPS) is 16.8. The quantitative estimate of drug-likeness (QED) is 0.115. The van der Waals surface area contributed by atoms with Crippen LogP contribution < -0.4 is 14.4 Å². The molecule has 1 amide bonds. The van der Waals surface area contributed by atoms with Crippen molar-refractivity contribution in [3.05, 3.63) is 89.5 Å². The number of thiazole rings is 1. The van der Waals surface area contributed by atoms with Crippen molar-refractivity contribution in [3.8, 4) is 11.5 Å². The lowest BCUT2D eigenvalue weighted by atomic mass is 9.95. The highest BCUT2D eigenvalue weighted by Crippen LogP contribution is 2.44. The third kappa shape index (κ3) is 4.87. The van der Waals surface area contributed by atoms with Gasteiger partial charge >= 0.3 is 5.91 Å². The predicted molar refractivity (Wildman–Crippen MR) is 149 cm³/mol. The number of hydrogen-bond acceptors (Lipinski definition) is 7. The molecular weight excluding hydrogens is 500 g/mol. The standard InChI is InChI=1S/C30H28N2O5S/c1-3-5-17-37-21-13-11-19(12-14-21)26-25(27(33)20-9-7-6-8-10-20)28(34)29(35)32(26)30-31-23-16-15-22(36-4-2)18-24(23)38-30/h6-16,18,26,33H,3-5,17H2,1-2H3. The number of hydrogen-bond donors (Lipinski definition) is 1. The number of nitrogens with zero attached hydrogens (tertiary/aromatic N) is 2. The molecule has 1 aromatic heterocycles. The van der Waals surface area contributed by atoms with Gasteiger partial charge in [-0.25, -0.2) is 4.98 Å². The van der Waals surface area contributed by atoms with Crippen molar-refractivity contribution in [2.24, 2.45) is 0 Å². The van der Waals surface area contributed by atoms with Gasteiger partial charge in [0.15, 0.2) is 5.13 Å². The highest BCUT2D eigenvalue weighted by molar-refractivity contribution is 7.22. The van der Waals surface area contributed by atoms with Gasteiger partial charge < -0.3 is 14.6 Å². The number of ketones is 1. The number of aliphatic hydroxyl groups is 1. The Bertz CT molecular complexity index is 1490. The summed E-state index contributed by atoms with van der Waals surface area (Å²) in [4.78, 5) is 32.9. The second-order valence-corrected chi connectivity index (χ2v) is 9.87. The maximum atomic E-state index is 13.5. The van der Waals surface area contributed by atoms with Crippen molar-refractivity contribution < 1.29 is 24.2 Å². The predicted octanol–water partition coefficient (Wildman–Crippen LogP) is 6.50. The minimum Gasteiger partial charge on any atom is -0.507 e. The highest BCUT2D eigenvalue weighted by Gasteiger charge is 2.48. The monoisotopic (exact) mass is 528 g/mol. The summed E-state index contributed by atoms with van der Waals surface area (Å²) in [5.41, 5.74) is 1.84. The summed E-state index contributed by atoms with van der Waals surface area (Å²) in [7, 11) is 0. The number of anilines is 1. The number of rotatable bonds is 9. The second kappa shape index (κ2) is 11.1. The van der Waals surface area contributed by atoms with Crippen molar-refractivity contribution in [2.45, 2.75) is 32.7 Å². The van der Waals surface area contributed by atoms with E-state index in [2.05, 4.69) is 11.9 Å². The molecule has 0 spiro atoms. The maximum Gasteiger partial charge on any atom is 0.301 e. The molecule has 4 aromatic rings. The molecule has 7 nitrogen and oxygen atoms in total. The summed E-state index contributed by atoms with van der Waals surface area (Å²) in [5.74, 6) is -0.310. The van der Waals surface area contributed by atoms with Gasteiger partial charge in [-0.2, -0.15) is 0 Å². The van der Waals surface area contributed by atoms with Crippen LogP contribution in [0.15, 0.2) is 78.4 Å². The molecule has 38 heavy (non-hydrogen) atoms. The fraction of sp³-hybridized carbons (Fsp3) is 0.233. The van der Waals surface area contributed by atoms with E-state index < -0.39 is 17.7 Å². The fourth-order valence-electron chi connectivity index (χ4n) is 4.43. The van der Waals surface area contributed by atoms with Gasteiger partial charge in [0.25, 0.3) is 5.78 Å². The summed E-state index contributed by atoms with van der Waals surface area (Å²) in [5, 5.41) is 11.6. The Balaban J connectivity index is 1.62. The van der Waals surface area contributed by atoms with Crippen LogP contribution in [0.1, 0.15) is 43.9 Å². The van der Waals surface area contributed by atoms with Crippen LogP contribution in [-0.2, 0) is 9.59 Å². The van der Waals surface area contributed by atoms with Crippen molar-refractivity contribution in [2.75, 3.05) is 18.1 Å². The fourth-order valence-corrected chi connectivity index (χ4v) is 5.45. The van der Waals surface area contributed by atoms with Crippen LogP contribution in [0, 0.1) is 0 Å². The number of aromatic nitrogens is 1. The molecule has 2 heterocycles. The molecule has 0 aliphatic carbocycles. The van der Waals surface area contributed by atoms with Crippen LogP contribution in [0.2, 0.25) is 0 Å². The van der Waals surface area contributed by atoms with Crippen LogP contribution in [0.4, 0.5) is 5.13 Å². The Labute approximate surface area is 225 Å². The Kier molecular flexibility index (Phi) is 7.42. The van der Waals surface area contributed by atoms with E-state index in [1.165, 1.54) is 16.2 Å². The first-order valence-corrected chi connectivity index (χ1v) is 13.5. The van der Waals surface area contributed by atoms with Crippen LogP contribution >= 0.6 is 11.3 Å². The van der Waals surface area contributed by atoms with Crippen molar-refractivity contribution in [1.82, 2.24) is 4.98 Å². The summed E-state index contributed by atoms with van der Waals surface area (Å²) >= 11 is 1.30.